The van der Waals surface area contributed by atoms with Gasteiger partial charge in [0, 0.05) is 24.5 Å². The Balaban J connectivity index is 2.47. The van der Waals surface area contributed by atoms with Crippen molar-refractivity contribution in [2.24, 2.45) is 5.41 Å². The van der Waals surface area contributed by atoms with Gasteiger partial charge in [0.05, 0.1) is 0 Å². The molecule has 100 valence electrons. The lowest BCUT2D eigenvalue weighted by molar-refractivity contribution is -0.116. The van der Waals surface area contributed by atoms with Crippen LogP contribution in [-0.2, 0) is 4.79 Å². The van der Waals surface area contributed by atoms with Crippen molar-refractivity contribution < 1.29 is 4.79 Å². The molecule has 0 aromatic carbocycles. The Hall–Kier alpha value is -0.410. The zero-order valence-electron chi connectivity index (χ0n) is 11.9. The second-order valence-corrected chi connectivity index (χ2v) is 5.52. The lowest BCUT2D eigenvalue weighted by Crippen LogP contribution is -2.40. The molecule has 3 nitrogen and oxygen atoms in total. The molecular weight excluding hydrogens is 212 g/mol. The summed E-state index contributed by atoms with van der Waals surface area (Å²) in [6.45, 7) is 14.1. The number of hydrogen-bond donors (Lipinski definition) is 0. The van der Waals surface area contributed by atoms with Crippen LogP contribution < -0.4 is 0 Å². The van der Waals surface area contributed by atoms with Gasteiger partial charge in [-0.3, -0.25) is 4.90 Å². The summed E-state index contributed by atoms with van der Waals surface area (Å²) in [5.74, 6) is 0. The van der Waals surface area contributed by atoms with Crippen LogP contribution >= 0.6 is 0 Å². The number of likely N-dealkylation sites (N-methyl/N-ethyl adjacent to an activating group) is 1. The molecule has 1 fully saturated rings. The van der Waals surface area contributed by atoms with Crippen molar-refractivity contribution in [2.45, 2.75) is 46.6 Å². The average molecular weight is 240 g/mol. The molecule has 0 N–H and O–H groups in total. The summed E-state index contributed by atoms with van der Waals surface area (Å²) >= 11 is 0. The van der Waals surface area contributed by atoms with Crippen LogP contribution in [0, 0.1) is 5.41 Å². The highest BCUT2D eigenvalue weighted by atomic mass is 16.1. The van der Waals surface area contributed by atoms with E-state index in [0.29, 0.717) is 6.04 Å². The van der Waals surface area contributed by atoms with Gasteiger partial charge in [-0.2, -0.15) is 0 Å². The molecule has 0 aromatic heterocycles. The summed E-state index contributed by atoms with van der Waals surface area (Å²) in [4.78, 5) is 16.1. The largest absolute Gasteiger partial charge is 0.303 e. The van der Waals surface area contributed by atoms with E-state index in [1.165, 1.54) is 6.42 Å². The molecule has 1 rings (SSSR count). The highest BCUT2D eigenvalue weighted by molar-refractivity contribution is 5.58. The molecule has 0 spiro atoms. The zero-order chi connectivity index (χ0) is 12.9. The Morgan fingerprint density at radius 3 is 2.47 bits per heavy atom. The first-order valence-corrected chi connectivity index (χ1v) is 7.01. The van der Waals surface area contributed by atoms with Crippen molar-refractivity contribution >= 4 is 6.29 Å². The van der Waals surface area contributed by atoms with E-state index < -0.39 is 0 Å². The van der Waals surface area contributed by atoms with Crippen LogP contribution in [0.15, 0.2) is 0 Å². The van der Waals surface area contributed by atoms with E-state index in [-0.39, 0.29) is 5.41 Å². The van der Waals surface area contributed by atoms with Crippen molar-refractivity contribution in [3.63, 3.8) is 0 Å². The Labute approximate surface area is 106 Å². The van der Waals surface area contributed by atoms with Crippen LogP contribution in [0.3, 0.4) is 0 Å². The average Bonchev–Trinajstić information content (AvgIpc) is 2.79. The number of carbonyl (C=O) groups is 1. The molecule has 0 aromatic rings. The summed E-state index contributed by atoms with van der Waals surface area (Å²) in [6, 6.07) is 0.692. The smallest absolute Gasteiger partial charge is 0.127 e. The van der Waals surface area contributed by atoms with Crippen molar-refractivity contribution in [3.05, 3.63) is 0 Å². The summed E-state index contributed by atoms with van der Waals surface area (Å²) in [5, 5.41) is 0. The van der Waals surface area contributed by atoms with E-state index in [9.17, 15) is 4.79 Å². The SMILES string of the molecule is CCN(CC)C1CCN(CC(C)(C=O)CC)C1. The Morgan fingerprint density at radius 2 is 2.00 bits per heavy atom. The number of aldehydes is 1. The molecule has 0 aliphatic carbocycles. The molecule has 3 heteroatoms. The Morgan fingerprint density at radius 1 is 1.35 bits per heavy atom. The first-order chi connectivity index (χ1) is 8.08. The molecule has 1 heterocycles. The molecule has 1 saturated heterocycles. The van der Waals surface area contributed by atoms with E-state index in [2.05, 4.69) is 37.5 Å². The third-order valence-electron chi connectivity index (χ3n) is 4.25. The second-order valence-electron chi connectivity index (χ2n) is 5.52. The van der Waals surface area contributed by atoms with Crippen LogP contribution in [0.2, 0.25) is 0 Å². The minimum Gasteiger partial charge on any atom is -0.303 e. The molecule has 0 bridgehead atoms. The molecule has 2 unspecified atom stereocenters. The minimum absolute atomic E-state index is 0.155. The second kappa shape index (κ2) is 6.50. The van der Waals surface area contributed by atoms with Crippen LogP contribution in [0.4, 0.5) is 0 Å². The van der Waals surface area contributed by atoms with E-state index in [1.807, 2.05) is 0 Å². The molecular formula is C14H28N2O. The van der Waals surface area contributed by atoms with Crippen LogP contribution in [0.5, 0.6) is 0 Å². The van der Waals surface area contributed by atoms with Gasteiger partial charge in [0.2, 0.25) is 0 Å². The Kier molecular flexibility index (Phi) is 5.60. The number of rotatable bonds is 7. The summed E-state index contributed by atoms with van der Waals surface area (Å²) < 4.78 is 0. The van der Waals surface area contributed by atoms with Crippen molar-refractivity contribution in [1.29, 1.82) is 0 Å². The molecule has 17 heavy (non-hydrogen) atoms. The lowest BCUT2D eigenvalue weighted by atomic mass is 9.89. The van der Waals surface area contributed by atoms with E-state index in [1.54, 1.807) is 0 Å². The standard InChI is InChI=1S/C14H28N2O/c1-5-14(4,12-17)11-15-9-8-13(10-15)16(6-2)7-3/h12-13H,5-11H2,1-4H3. The number of hydrogen-bond acceptors (Lipinski definition) is 3. The fourth-order valence-corrected chi connectivity index (χ4v) is 2.74. The Bertz CT molecular complexity index is 240. The first-order valence-electron chi connectivity index (χ1n) is 7.01. The van der Waals surface area contributed by atoms with Gasteiger partial charge in [0.1, 0.15) is 6.29 Å². The van der Waals surface area contributed by atoms with E-state index in [4.69, 9.17) is 0 Å². The van der Waals surface area contributed by atoms with Gasteiger partial charge < -0.3 is 9.69 Å². The van der Waals surface area contributed by atoms with Gasteiger partial charge in [-0.1, -0.05) is 27.7 Å². The maximum atomic E-state index is 11.1. The molecule has 0 radical (unpaired) electrons. The highest BCUT2D eigenvalue weighted by Crippen LogP contribution is 2.23. The van der Waals surface area contributed by atoms with Gasteiger partial charge in [0.15, 0.2) is 0 Å². The zero-order valence-corrected chi connectivity index (χ0v) is 11.9. The fourth-order valence-electron chi connectivity index (χ4n) is 2.74. The first kappa shape index (κ1) is 14.7. The summed E-state index contributed by atoms with van der Waals surface area (Å²) in [5.41, 5.74) is -0.155. The molecule has 2 atom stereocenters. The van der Waals surface area contributed by atoms with Crippen LogP contribution in [-0.4, -0.2) is 54.9 Å². The molecule has 1 aliphatic heterocycles. The normalized spacial score (nSPS) is 25.1. The summed E-state index contributed by atoms with van der Waals surface area (Å²) in [7, 11) is 0. The van der Waals surface area contributed by atoms with Crippen molar-refractivity contribution in [1.82, 2.24) is 9.80 Å². The molecule has 1 aliphatic rings. The van der Waals surface area contributed by atoms with E-state index in [0.717, 1.165) is 45.4 Å². The number of carbonyl (C=O) groups excluding carboxylic acids is 1. The third kappa shape index (κ3) is 3.78. The van der Waals surface area contributed by atoms with Gasteiger partial charge in [0.25, 0.3) is 0 Å². The predicted molar refractivity (Wildman–Crippen MR) is 72.2 cm³/mol. The topological polar surface area (TPSA) is 23.6 Å². The fraction of sp³-hybridized carbons (Fsp3) is 0.929. The molecule has 0 amide bonds. The number of likely N-dealkylation sites (tertiary alicyclic amines) is 1. The lowest BCUT2D eigenvalue weighted by Gasteiger charge is -2.29. The van der Waals surface area contributed by atoms with Crippen LogP contribution in [0.1, 0.15) is 40.5 Å². The monoisotopic (exact) mass is 240 g/mol. The van der Waals surface area contributed by atoms with Crippen LogP contribution in [0.25, 0.3) is 0 Å². The summed E-state index contributed by atoms with van der Waals surface area (Å²) in [6.07, 6.45) is 3.32. The quantitative estimate of drug-likeness (QED) is 0.636. The predicted octanol–water partition coefficient (Wildman–Crippen LogP) is 2.02. The molecule has 0 saturated carbocycles. The van der Waals surface area contributed by atoms with Gasteiger partial charge >= 0.3 is 0 Å². The van der Waals surface area contributed by atoms with E-state index >= 15 is 0 Å². The number of nitrogens with zero attached hydrogens (tertiary/aromatic N) is 2. The maximum absolute atomic E-state index is 11.1. The highest BCUT2D eigenvalue weighted by Gasteiger charge is 2.31. The van der Waals surface area contributed by atoms with Gasteiger partial charge in [-0.05, 0) is 32.5 Å². The maximum Gasteiger partial charge on any atom is 0.127 e. The third-order valence-corrected chi connectivity index (χ3v) is 4.25. The van der Waals surface area contributed by atoms with Crippen molar-refractivity contribution in [2.75, 3.05) is 32.7 Å². The van der Waals surface area contributed by atoms with Gasteiger partial charge in [-0.15, -0.1) is 0 Å². The van der Waals surface area contributed by atoms with Gasteiger partial charge in [-0.25, -0.2) is 0 Å². The van der Waals surface area contributed by atoms with Crippen molar-refractivity contribution in [3.8, 4) is 0 Å². The minimum atomic E-state index is -0.155.